The van der Waals surface area contributed by atoms with Gasteiger partial charge in [0.25, 0.3) is 0 Å². The fraction of sp³-hybridized carbons (Fsp3) is 0.366. The number of para-hydroxylation sites is 2. The maximum atomic E-state index is 14.8. The molecule has 51 heavy (non-hydrogen) atoms. The van der Waals surface area contributed by atoms with E-state index in [4.69, 9.17) is 19.2 Å². The van der Waals surface area contributed by atoms with E-state index in [0.717, 1.165) is 69.0 Å². The predicted molar refractivity (Wildman–Crippen MR) is 198 cm³/mol. The number of ketones is 1. The first kappa shape index (κ1) is 34.5. The Bertz CT molecular complexity index is 1960. The van der Waals surface area contributed by atoms with Gasteiger partial charge in [-0.15, -0.1) is 0 Å². The van der Waals surface area contributed by atoms with Gasteiger partial charge in [0.2, 0.25) is 11.7 Å². The summed E-state index contributed by atoms with van der Waals surface area (Å²) in [5.74, 6) is 0.978. The van der Waals surface area contributed by atoms with Crippen LogP contribution in [0.25, 0.3) is 11.0 Å². The number of nitrogens with one attached hydrogen (secondary N) is 2. The van der Waals surface area contributed by atoms with Crippen LogP contribution in [0.5, 0.6) is 17.2 Å². The van der Waals surface area contributed by atoms with Gasteiger partial charge in [-0.2, -0.15) is 0 Å². The number of piperidine rings is 1. The summed E-state index contributed by atoms with van der Waals surface area (Å²) in [6, 6.07) is 26.8. The zero-order valence-electron chi connectivity index (χ0n) is 29.6. The lowest BCUT2D eigenvalue weighted by Crippen LogP contribution is -2.42. The predicted octanol–water partition coefficient (Wildman–Crippen LogP) is 6.68. The van der Waals surface area contributed by atoms with E-state index in [2.05, 4.69) is 50.4 Å². The van der Waals surface area contributed by atoms with Gasteiger partial charge in [-0.25, -0.2) is 9.37 Å². The molecule has 0 radical (unpaired) electrons. The van der Waals surface area contributed by atoms with Crippen molar-refractivity contribution in [3.8, 4) is 17.2 Å². The van der Waals surface area contributed by atoms with E-state index < -0.39 is 5.82 Å². The highest BCUT2D eigenvalue weighted by molar-refractivity contribution is 6.10. The number of rotatable bonds is 13. The number of imidazole rings is 1. The maximum absolute atomic E-state index is 14.8. The minimum atomic E-state index is -0.492. The van der Waals surface area contributed by atoms with E-state index in [1.165, 1.54) is 45.4 Å². The van der Waals surface area contributed by atoms with E-state index in [1.54, 1.807) is 18.2 Å². The number of anilines is 1. The molecule has 7 rings (SSSR count). The second kappa shape index (κ2) is 15.1. The average Bonchev–Trinajstić information content (AvgIpc) is 3.80. The lowest BCUT2D eigenvalue weighted by Gasteiger charge is -2.36. The normalized spacial score (nSPS) is 18.2. The van der Waals surface area contributed by atoms with Crippen LogP contribution in [0.4, 0.5) is 10.3 Å². The summed E-state index contributed by atoms with van der Waals surface area (Å²) in [7, 11) is 4.50. The fourth-order valence-electron chi connectivity index (χ4n) is 7.78. The third kappa shape index (κ3) is 7.16. The molecule has 0 bridgehead atoms. The molecule has 5 aromatic rings. The lowest BCUT2D eigenvalue weighted by molar-refractivity contribution is 0.103. The van der Waals surface area contributed by atoms with Crippen molar-refractivity contribution >= 4 is 22.8 Å². The molecule has 0 spiro atoms. The van der Waals surface area contributed by atoms with Crippen molar-refractivity contribution in [3.63, 3.8) is 0 Å². The van der Waals surface area contributed by atoms with Gasteiger partial charge in [0.15, 0.2) is 17.3 Å². The van der Waals surface area contributed by atoms with E-state index >= 15 is 0 Å². The van der Waals surface area contributed by atoms with Crippen LogP contribution >= 0.6 is 0 Å². The quantitative estimate of drug-likeness (QED) is 0.132. The Balaban J connectivity index is 1.09. The number of carbonyl (C=O) groups is 1. The molecule has 0 aliphatic carbocycles. The Kier molecular flexibility index (Phi) is 10.2. The first-order valence-electron chi connectivity index (χ1n) is 17.7. The Hall–Kier alpha value is -4.93. The molecular formula is C41H46FN5O4. The first-order chi connectivity index (χ1) is 24.9. The highest BCUT2D eigenvalue weighted by Crippen LogP contribution is 2.39. The van der Waals surface area contributed by atoms with Crippen LogP contribution in [0.1, 0.15) is 52.7 Å². The van der Waals surface area contributed by atoms with Crippen LogP contribution in [0.3, 0.4) is 0 Å². The standard InChI is InChI=1S/C41H46FN5O4/c1-49-36-23-29(24-37(50-2)39(36)51-3)38(48)33-25-31(42)14-13-28(33)26-47-35-12-8-7-11-34(35)45-40(47)44-32-15-20-46(21-16-32)22-18-41(17-19-43-27-41)30-9-5-4-6-10-30/h4-14,23-25,32,43H,15-22,26-27H2,1-3H3,(H,44,45). The van der Waals surface area contributed by atoms with Gasteiger partial charge in [-0.05, 0) is 86.3 Å². The Morgan fingerprint density at radius 3 is 2.35 bits per heavy atom. The topological polar surface area (TPSA) is 89.9 Å². The van der Waals surface area contributed by atoms with Crippen LogP contribution in [0, 0.1) is 5.82 Å². The number of hydrogen-bond donors (Lipinski definition) is 2. The van der Waals surface area contributed by atoms with E-state index in [1.807, 2.05) is 24.3 Å². The van der Waals surface area contributed by atoms with E-state index in [-0.39, 0.29) is 22.8 Å². The molecule has 1 unspecified atom stereocenters. The molecule has 0 saturated carbocycles. The lowest BCUT2D eigenvalue weighted by atomic mass is 9.76. The number of methoxy groups -OCH3 is 3. The zero-order chi connectivity index (χ0) is 35.4. The minimum Gasteiger partial charge on any atom is -0.493 e. The van der Waals surface area contributed by atoms with Crippen molar-refractivity contribution in [1.29, 1.82) is 0 Å². The molecule has 10 heteroatoms. The van der Waals surface area contributed by atoms with Gasteiger partial charge < -0.3 is 34.3 Å². The molecule has 9 nitrogen and oxygen atoms in total. The molecule has 4 aromatic carbocycles. The Labute approximate surface area is 298 Å². The SMILES string of the molecule is COc1cc(C(=O)c2cc(F)ccc2Cn2c(NC3CCN(CCC4(c5ccccc5)CCNC4)CC3)nc3ccccc32)cc(OC)c1OC. The first-order valence-corrected chi connectivity index (χ1v) is 17.7. The van der Waals surface area contributed by atoms with Crippen LogP contribution in [0.2, 0.25) is 0 Å². The van der Waals surface area contributed by atoms with Crippen molar-refractivity contribution in [2.24, 2.45) is 0 Å². The molecule has 266 valence electrons. The summed E-state index contributed by atoms with van der Waals surface area (Å²) in [6.07, 6.45) is 4.32. The van der Waals surface area contributed by atoms with Crippen molar-refractivity contribution < 1.29 is 23.4 Å². The number of carbonyl (C=O) groups excluding carboxylic acids is 1. The molecule has 2 N–H and O–H groups in total. The van der Waals surface area contributed by atoms with Gasteiger partial charge in [0, 0.05) is 42.2 Å². The molecule has 2 aliphatic rings. The molecule has 2 fully saturated rings. The third-order valence-electron chi connectivity index (χ3n) is 10.7. The summed E-state index contributed by atoms with van der Waals surface area (Å²) in [6.45, 7) is 5.54. The second-order valence-electron chi connectivity index (χ2n) is 13.6. The highest BCUT2D eigenvalue weighted by Gasteiger charge is 2.36. The highest BCUT2D eigenvalue weighted by atomic mass is 19.1. The van der Waals surface area contributed by atoms with Gasteiger partial charge in [0.05, 0.1) is 38.9 Å². The molecular weight excluding hydrogens is 645 g/mol. The van der Waals surface area contributed by atoms with Gasteiger partial charge in [-0.3, -0.25) is 4.79 Å². The summed E-state index contributed by atoms with van der Waals surface area (Å²) in [5, 5.41) is 7.37. The van der Waals surface area contributed by atoms with Gasteiger partial charge in [0.1, 0.15) is 5.82 Å². The smallest absolute Gasteiger partial charge is 0.204 e. The number of hydrogen-bond acceptors (Lipinski definition) is 8. The molecule has 2 aliphatic heterocycles. The Morgan fingerprint density at radius 2 is 1.67 bits per heavy atom. The van der Waals surface area contributed by atoms with Crippen LogP contribution in [-0.2, 0) is 12.0 Å². The Morgan fingerprint density at radius 1 is 0.941 bits per heavy atom. The van der Waals surface area contributed by atoms with Crippen molar-refractivity contribution in [1.82, 2.24) is 19.8 Å². The molecule has 1 atom stereocenters. The number of benzene rings is 4. The zero-order valence-corrected chi connectivity index (χ0v) is 29.6. The molecule has 0 amide bonds. The number of likely N-dealkylation sites (tertiary alicyclic amines) is 1. The fourth-order valence-corrected chi connectivity index (χ4v) is 7.78. The van der Waals surface area contributed by atoms with E-state index in [9.17, 15) is 9.18 Å². The number of halogens is 1. The van der Waals surface area contributed by atoms with Crippen molar-refractivity contribution in [2.75, 3.05) is 59.4 Å². The van der Waals surface area contributed by atoms with Crippen LogP contribution in [0.15, 0.2) is 84.9 Å². The van der Waals surface area contributed by atoms with Gasteiger partial charge in [-0.1, -0.05) is 48.5 Å². The number of ether oxygens (including phenoxy) is 3. The largest absolute Gasteiger partial charge is 0.493 e. The summed E-state index contributed by atoms with van der Waals surface area (Å²) < 4.78 is 33.3. The number of aromatic nitrogens is 2. The molecule has 3 heterocycles. The molecule has 2 saturated heterocycles. The monoisotopic (exact) mass is 691 g/mol. The summed E-state index contributed by atoms with van der Waals surface area (Å²) in [5.41, 5.74) is 4.67. The molecule has 1 aromatic heterocycles. The van der Waals surface area contributed by atoms with E-state index in [0.29, 0.717) is 34.9 Å². The van der Waals surface area contributed by atoms with Crippen LogP contribution in [-0.4, -0.2) is 80.3 Å². The maximum Gasteiger partial charge on any atom is 0.204 e. The third-order valence-corrected chi connectivity index (χ3v) is 10.7. The van der Waals surface area contributed by atoms with Crippen LogP contribution < -0.4 is 24.8 Å². The summed E-state index contributed by atoms with van der Waals surface area (Å²) in [4.78, 5) is 21.6. The minimum absolute atomic E-state index is 0.202. The average molecular weight is 692 g/mol. The summed E-state index contributed by atoms with van der Waals surface area (Å²) >= 11 is 0. The van der Waals surface area contributed by atoms with Crippen molar-refractivity contribution in [2.45, 2.75) is 43.7 Å². The number of fused-ring (bicyclic) bond motifs is 1. The van der Waals surface area contributed by atoms with Gasteiger partial charge >= 0.3 is 0 Å². The van der Waals surface area contributed by atoms with Crippen molar-refractivity contribution in [3.05, 3.63) is 113 Å². The number of nitrogens with zero attached hydrogens (tertiary/aromatic N) is 3. The second-order valence-corrected chi connectivity index (χ2v) is 13.6.